The van der Waals surface area contributed by atoms with E-state index in [0.29, 0.717) is 5.56 Å². The maximum absolute atomic E-state index is 8.90. The number of hydrogen-bond donors (Lipinski definition) is 1. The average Bonchev–Trinajstić information content (AvgIpc) is 2.67. The molecule has 124 valence electrons. The van der Waals surface area contributed by atoms with Gasteiger partial charge in [0.25, 0.3) is 0 Å². The molecule has 0 amide bonds. The Morgan fingerprint density at radius 2 is 1.75 bits per heavy atom. The molecular formula is C20H23N3O. The predicted molar refractivity (Wildman–Crippen MR) is 94.4 cm³/mol. The van der Waals surface area contributed by atoms with Crippen LogP contribution in [0.3, 0.4) is 0 Å². The summed E-state index contributed by atoms with van der Waals surface area (Å²) in [6.45, 7) is 5.37. The van der Waals surface area contributed by atoms with Gasteiger partial charge in [0, 0.05) is 32.2 Å². The molecule has 4 heteroatoms. The largest absolute Gasteiger partial charge is 0.379 e. The summed E-state index contributed by atoms with van der Waals surface area (Å²) in [4.78, 5) is 2.45. The summed E-state index contributed by atoms with van der Waals surface area (Å²) >= 11 is 0. The van der Waals surface area contributed by atoms with E-state index in [0.717, 1.165) is 39.4 Å². The zero-order chi connectivity index (χ0) is 16.6. The lowest BCUT2D eigenvalue weighted by atomic mass is 10.1. The number of ether oxygens (including phenoxy) is 1. The molecule has 1 aliphatic rings. The van der Waals surface area contributed by atoms with Gasteiger partial charge in [-0.05, 0) is 23.3 Å². The van der Waals surface area contributed by atoms with Crippen molar-refractivity contribution in [1.82, 2.24) is 10.2 Å². The van der Waals surface area contributed by atoms with E-state index in [-0.39, 0.29) is 6.04 Å². The maximum atomic E-state index is 8.90. The first-order valence-electron chi connectivity index (χ1n) is 8.42. The first-order valence-corrected chi connectivity index (χ1v) is 8.42. The smallest absolute Gasteiger partial charge is 0.0991 e. The van der Waals surface area contributed by atoms with Crippen LogP contribution in [-0.4, -0.2) is 37.7 Å². The Hall–Kier alpha value is -2.19. The van der Waals surface area contributed by atoms with Gasteiger partial charge in [-0.3, -0.25) is 4.90 Å². The van der Waals surface area contributed by atoms with Crippen LogP contribution >= 0.6 is 0 Å². The van der Waals surface area contributed by atoms with Gasteiger partial charge >= 0.3 is 0 Å². The molecule has 0 aliphatic carbocycles. The molecule has 1 N–H and O–H groups in total. The molecule has 1 heterocycles. The molecule has 0 bridgehead atoms. The number of nitrogens with zero attached hydrogens (tertiary/aromatic N) is 2. The molecule has 2 aromatic carbocycles. The van der Waals surface area contributed by atoms with E-state index in [4.69, 9.17) is 10.00 Å². The van der Waals surface area contributed by atoms with E-state index in [1.807, 2.05) is 24.3 Å². The first-order chi connectivity index (χ1) is 11.8. The van der Waals surface area contributed by atoms with Crippen molar-refractivity contribution >= 4 is 0 Å². The highest BCUT2D eigenvalue weighted by atomic mass is 16.5. The highest BCUT2D eigenvalue weighted by Gasteiger charge is 2.17. The summed E-state index contributed by atoms with van der Waals surface area (Å²) in [5.74, 6) is 0. The van der Waals surface area contributed by atoms with Gasteiger partial charge < -0.3 is 10.1 Å². The third-order valence-corrected chi connectivity index (χ3v) is 4.38. The van der Waals surface area contributed by atoms with Crippen LogP contribution in [0.1, 0.15) is 22.7 Å². The Balaban J connectivity index is 1.65. The van der Waals surface area contributed by atoms with Crippen molar-refractivity contribution in [1.29, 1.82) is 5.26 Å². The van der Waals surface area contributed by atoms with E-state index in [9.17, 15) is 0 Å². The highest BCUT2D eigenvalue weighted by molar-refractivity contribution is 5.31. The second-order valence-electron chi connectivity index (χ2n) is 6.07. The fourth-order valence-corrected chi connectivity index (χ4v) is 2.95. The molecular weight excluding hydrogens is 298 g/mol. The monoisotopic (exact) mass is 321 g/mol. The number of benzene rings is 2. The van der Waals surface area contributed by atoms with E-state index in [2.05, 4.69) is 46.6 Å². The second-order valence-corrected chi connectivity index (χ2v) is 6.07. The van der Waals surface area contributed by atoms with Gasteiger partial charge in [-0.2, -0.15) is 5.26 Å². The van der Waals surface area contributed by atoms with Crippen LogP contribution in [0.2, 0.25) is 0 Å². The van der Waals surface area contributed by atoms with Crippen molar-refractivity contribution < 1.29 is 4.74 Å². The number of hydrogen-bond acceptors (Lipinski definition) is 4. The van der Waals surface area contributed by atoms with Crippen LogP contribution in [0.5, 0.6) is 0 Å². The van der Waals surface area contributed by atoms with Gasteiger partial charge in [0.2, 0.25) is 0 Å². The summed E-state index contributed by atoms with van der Waals surface area (Å²) in [7, 11) is 0. The maximum Gasteiger partial charge on any atom is 0.0991 e. The van der Waals surface area contributed by atoms with E-state index in [1.54, 1.807) is 0 Å². The van der Waals surface area contributed by atoms with Crippen molar-refractivity contribution in [2.75, 3.05) is 32.8 Å². The Morgan fingerprint density at radius 1 is 1.04 bits per heavy atom. The van der Waals surface area contributed by atoms with Crippen LogP contribution < -0.4 is 5.32 Å². The van der Waals surface area contributed by atoms with Gasteiger partial charge in [-0.15, -0.1) is 0 Å². The van der Waals surface area contributed by atoms with Crippen molar-refractivity contribution in [3.05, 3.63) is 71.3 Å². The zero-order valence-corrected chi connectivity index (χ0v) is 13.8. The molecule has 3 rings (SSSR count). The predicted octanol–water partition coefficient (Wildman–Crippen LogP) is 2.72. The third kappa shape index (κ3) is 4.65. The first kappa shape index (κ1) is 16.7. The van der Waals surface area contributed by atoms with E-state index < -0.39 is 0 Å². The third-order valence-electron chi connectivity index (χ3n) is 4.38. The molecule has 1 aliphatic heterocycles. The summed E-state index contributed by atoms with van der Waals surface area (Å²) in [6, 6.07) is 20.8. The van der Waals surface area contributed by atoms with Crippen LogP contribution in [0, 0.1) is 11.3 Å². The molecule has 1 saturated heterocycles. The Bertz CT molecular complexity index is 658. The van der Waals surface area contributed by atoms with Gasteiger partial charge in [0.15, 0.2) is 0 Å². The lowest BCUT2D eigenvalue weighted by Crippen LogP contribution is -2.41. The summed E-state index contributed by atoms with van der Waals surface area (Å²) in [6.07, 6.45) is 0. The van der Waals surface area contributed by atoms with Crippen molar-refractivity contribution in [3.63, 3.8) is 0 Å². The fraction of sp³-hybridized carbons (Fsp3) is 0.350. The molecule has 2 aromatic rings. The number of rotatable bonds is 6. The molecule has 1 atom stereocenters. The van der Waals surface area contributed by atoms with Gasteiger partial charge in [0.1, 0.15) is 0 Å². The Labute approximate surface area is 143 Å². The molecule has 0 radical (unpaired) electrons. The fourth-order valence-electron chi connectivity index (χ4n) is 2.95. The van der Waals surface area contributed by atoms with E-state index >= 15 is 0 Å². The van der Waals surface area contributed by atoms with Gasteiger partial charge in [-0.25, -0.2) is 0 Å². The molecule has 0 aromatic heterocycles. The van der Waals surface area contributed by atoms with Crippen LogP contribution in [0.25, 0.3) is 0 Å². The molecule has 4 nitrogen and oxygen atoms in total. The van der Waals surface area contributed by atoms with Crippen LogP contribution in [0.15, 0.2) is 54.6 Å². The number of nitriles is 1. The zero-order valence-electron chi connectivity index (χ0n) is 13.8. The molecule has 0 spiro atoms. The Kier molecular flexibility index (Phi) is 5.97. The SMILES string of the molecule is N#Cc1ccc(CN[C@@H](CN2CCOCC2)c2ccccc2)cc1. The lowest BCUT2D eigenvalue weighted by Gasteiger charge is -2.31. The molecule has 0 saturated carbocycles. The summed E-state index contributed by atoms with van der Waals surface area (Å²) in [5.41, 5.74) is 3.20. The quantitative estimate of drug-likeness (QED) is 0.889. The van der Waals surface area contributed by atoms with Gasteiger partial charge in [0.05, 0.1) is 24.8 Å². The topological polar surface area (TPSA) is 48.3 Å². The normalized spacial score (nSPS) is 16.5. The van der Waals surface area contributed by atoms with Gasteiger partial charge in [-0.1, -0.05) is 42.5 Å². The summed E-state index contributed by atoms with van der Waals surface area (Å²) < 4.78 is 5.45. The molecule has 24 heavy (non-hydrogen) atoms. The second kappa shape index (κ2) is 8.60. The minimum atomic E-state index is 0.278. The highest BCUT2D eigenvalue weighted by Crippen LogP contribution is 2.16. The van der Waals surface area contributed by atoms with Crippen LogP contribution in [0.4, 0.5) is 0 Å². The number of morpholine rings is 1. The standard InChI is InChI=1S/C20H23N3O/c21-14-17-6-8-18(9-7-17)15-22-20(19-4-2-1-3-5-19)16-23-10-12-24-13-11-23/h1-9,20,22H,10-13,15-16H2/t20-/m0/s1. The van der Waals surface area contributed by atoms with Crippen molar-refractivity contribution in [3.8, 4) is 6.07 Å². The average molecular weight is 321 g/mol. The summed E-state index contributed by atoms with van der Waals surface area (Å²) in [5, 5.41) is 12.6. The number of nitrogens with one attached hydrogen (secondary N) is 1. The molecule has 0 unspecified atom stereocenters. The molecule has 1 fully saturated rings. The Morgan fingerprint density at radius 3 is 2.42 bits per heavy atom. The minimum Gasteiger partial charge on any atom is -0.379 e. The van der Waals surface area contributed by atoms with Crippen molar-refractivity contribution in [2.45, 2.75) is 12.6 Å². The lowest BCUT2D eigenvalue weighted by molar-refractivity contribution is 0.0333. The van der Waals surface area contributed by atoms with Crippen LogP contribution in [-0.2, 0) is 11.3 Å². The van der Waals surface area contributed by atoms with Crippen molar-refractivity contribution in [2.24, 2.45) is 0 Å². The minimum absolute atomic E-state index is 0.278. The van der Waals surface area contributed by atoms with E-state index in [1.165, 1.54) is 11.1 Å².